The van der Waals surface area contributed by atoms with E-state index < -0.39 is 15.9 Å². The maximum absolute atomic E-state index is 12.4. The third kappa shape index (κ3) is 4.74. The van der Waals surface area contributed by atoms with Crippen LogP contribution in [0.4, 0.5) is 11.4 Å². The van der Waals surface area contributed by atoms with E-state index in [1.54, 1.807) is 37.3 Å². The molecular formula is C18H21ClN2O3S. The molecule has 0 unspecified atom stereocenters. The molecule has 1 amide bonds. The van der Waals surface area contributed by atoms with Crippen molar-refractivity contribution in [3.8, 4) is 0 Å². The summed E-state index contributed by atoms with van der Waals surface area (Å²) in [4.78, 5) is 12.4. The molecule has 0 heterocycles. The molecule has 7 heteroatoms. The molecule has 2 aromatic rings. The Morgan fingerprint density at radius 3 is 2.48 bits per heavy atom. The van der Waals surface area contributed by atoms with Gasteiger partial charge in [-0.25, -0.2) is 8.42 Å². The highest BCUT2D eigenvalue weighted by Gasteiger charge is 2.23. The number of anilines is 2. The van der Waals surface area contributed by atoms with Crippen molar-refractivity contribution < 1.29 is 13.2 Å². The zero-order valence-electron chi connectivity index (χ0n) is 14.4. The molecule has 134 valence electrons. The first-order valence-corrected chi connectivity index (χ1v) is 10.1. The van der Waals surface area contributed by atoms with Crippen LogP contribution in [0.5, 0.6) is 0 Å². The second kappa shape index (κ2) is 7.89. The third-order valence-corrected chi connectivity index (χ3v) is 5.41. The summed E-state index contributed by atoms with van der Waals surface area (Å²) in [6.45, 7) is 3.43. The molecule has 25 heavy (non-hydrogen) atoms. The van der Waals surface area contributed by atoms with Crippen LogP contribution in [0.2, 0.25) is 5.02 Å². The summed E-state index contributed by atoms with van der Waals surface area (Å²) in [6, 6.07) is 12.3. The Labute approximate surface area is 153 Å². The predicted molar refractivity (Wildman–Crippen MR) is 103 cm³/mol. The van der Waals surface area contributed by atoms with Gasteiger partial charge in [-0.2, -0.15) is 0 Å². The number of carbonyl (C=O) groups excluding carboxylic acids is 1. The molecule has 0 radical (unpaired) electrons. The van der Waals surface area contributed by atoms with Gasteiger partial charge in [0.05, 0.1) is 11.9 Å². The van der Waals surface area contributed by atoms with Gasteiger partial charge in [0.25, 0.3) is 0 Å². The van der Waals surface area contributed by atoms with Crippen molar-refractivity contribution in [2.24, 2.45) is 0 Å². The molecule has 5 nitrogen and oxygen atoms in total. The van der Waals surface area contributed by atoms with Crippen LogP contribution in [0, 0.1) is 6.92 Å². The Bertz CT molecular complexity index is 882. The van der Waals surface area contributed by atoms with Gasteiger partial charge in [0, 0.05) is 10.7 Å². The topological polar surface area (TPSA) is 66.5 Å². The predicted octanol–water partition coefficient (Wildman–Crippen LogP) is 3.62. The van der Waals surface area contributed by atoms with Crippen LogP contribution in [-0.2, 0) is 21.2 Å². The summed E-state index contributed by atoms with van der Waals surface area (Å²) >= 11 is 6.05. The highest BCUT2D eigenvalue weighted by Crippen LogP contribution is 2.25. The Morgan fingerprint density at radius 1 is 1.16 bits per heavy atom. The summed E-state index contributed by atoms with van der Waals surface area (Å²) in [7, 11) is -3.61. The van der Waals surface area contributed by atoms with Crippen molar-refractivity contribution in [3.05, 3.63) is 58.6 Å². The van der Waals surface area contributed by atoms with E-state index in [4.69, 9.17) is 11.6 Å². The van der Waals surface area contributed by atoms with Crippen LogP contribution >= 0.6 is 11.6 Å². The van der Waals surface area contributed by atoms with Crippen LogP contribution in [0.3, 0.4) is 0 Å². The summed E-state index contributed by atoms with van der Waals surface area (Å²) in [5.74, 6) is -0.429. The van der Waals surface area contributed by atoms with Crippen molar-refractivity contribution >= 4 is 38.9 Å². The van der Waals surface area contributed by atoms with Gasteiger partial charge >= 0.3 is 0 Å². The van der Waals surface area contributed by atoms with Gasteiger partial charge in [-0.3, -0.25) is 9.10 Å². The zero-order chi connectivity index (χ0) is 18.6. The fourth-order valence-corrected chi connectivity index (χ4v) is 3.56. The molecule has 0 fully saturated rings. The van der Waals surface area contributed by atoms with Gasteiger partial charge < -0.3 is 5.32 Å². The second-order valence-electron chi connectivity index (χ2n) is 5.71. The third-order valence-electron chi connectivity index (χ3n) is 3.87. The number of amides is 1. The van der Waals surface area contributed by atoms with E-state index in [0.29, 0.717) is 22.8 Å². The number of benzene rings is 2. The minimum absolute atomic E-state index is 0.304. The molecule has 0 aromatic heterocycles. The highest BCUT2D eigenvalue weighted by atomic mass is 35.5. The van der Waals surface area contributed by atoms with E-state index in [-0.39, 0.29) is 6.54 Å². The van der Waals surface area contributed by atoms with Gasteiger partial charge in [-0.15, -0.1) is 0 Å². The Balaban J connectivity index is 2.29. The van der Waals surface area contributed by atoms with Crippen LogP contribution < -0.4 is 9.62 Å². The number of sulfonamides is 1. The number of hydrogen-bond acceptors (Lipinski definition) is 3. The summed E-state index contributed by atoms with van der Waals surface area (Å²) in [5, 5.41) is 3.27. The van der Waals surface area contributed by atoms with Gasteiger partial charge in [0.2, 0.25) is 15.9 Å². The lowest BCUT2D eigenvalue weighted by Crippen LogP contribution is -2.38. The van der Waals surface area contributed by atoms with E-state index in [1.165, 1.54) is 0 Å². The number of hydrogen-bond donors (Lipinski definition) is 1. The second-order valence-corrected chi connectivity index (χ2v) is 8.03. The van der Waals surface area contributed by atoms with Crippen molar-refractivity contribution in [2.45, 2.75) is 20.3 Å². The molecule has 0 aliphatic rings. The number of rotatable bonds is 6. The Hall–Kier alpha value is -2.05. The first kappa shape index (κ1) is 19.3. The largest absolute Gasteiger partial charge is 0.324 e. The van der Waals surface area contributed by atoms with E-state index in [9.17, 15) is 13.2 Å². The normalized spacial score (nSPS) is 11.2. The molecule has 2 aromatic carbocycles. The molecule has 0 bridgehead atoms. The van der Waals surface area contributed by atoms with Crippen molar-refractivity contribution in [3.63, 3.8) is 0 Å². The number of para-hydroxylation sites is 1. The van der Waals surface area contributed by atoms with Gasteiger partial charge in [0.15, 0.2) is 0 Å². The molecular weight excluding hydrogens is 360 g/mol. The number of aryl methyl sites for hydroxylation is 1. The first-order chi connectivity index (χ1) is 11.7. The highest BCUT2D eigenvalue weighted by molar-refractivity contribution is 7.92. The smallest absolute Gasteiger partial charge is 0.245 e. The number of nitrogens with one attached hydrogen (secondary N) is 1. The van der Waals surface area contributed by atoms with E-state index >= 15 is 0 Å². The summed E-state index contributed by atoms with van der Waals surface area (Å²) in [6.07, 6.45) is 1.76. The fourth-order valence-electron chi connectivity index (χ4n) is 2.50. The molecule has 0 aliphatic heterocycles. The molecule has 0 spiro atoms. The van der Waals surface area contributed by atoms with Crippen molar-refractivity contribution in [1.82, 2.24) is 0 Å². The minimum Gasteiger partial charge on any atom is -0.324 e. The quantitative estimate of drug-likeness (QED) is 0.832. The lowest BCUT2D eigenvalue weighted by Gasteiger charge is -2.24. The maximum Gasteiger partial charge on any atom is 0.245 e. The van der Waals surface area contributed by atoms with Crippen LogP contribution in [0.1, 0.15) is 18.1 Å². The molecule has 1 N–H and O–H groups in total. The van der Waals surface area contributed by atoms with Crippen LogP contribution in [0.15, 0.2) is 42.5 Å². The standard InChI is InChI=1S/C18H21ClN2O3S/c1-4-14-8-5-6-11-17(14)21(25(3,23)24)12-18(22)20-16-10-7-9-15(19)13(16)2/h5-11H,4,12H2,1-3H3,(H,20,22). The molecule has 0 aliphatic carbocycles. The average Bonchev–Trinajstić information content (AvgIpc) is 2.56. The SMILES string of the molecule is CCc1ccccc1N(CC(=O)Nc1cccc(Cl)c1C)S(C)(=O)=O. The van der Waals surface area contributed by atoms with Crippen LogP contribution in [0.25, 0.3) is 0 Å². The monoisotopic (exact) mass is 380 g/mol. The van der Waals surface area contributed by atoms with E-state index in [0.717, 1.165) is 21.7 Å². The lowest BCUT2D eigenvalue weighted by atomic mass is 10.1. The van der Waals surface area contributed by atoms with E-state index in [2.05, 4.69) is 5.32 Å². The van der Waals surface area contributed by atoms with Crippen molar-refractivity contribution in [2.75, 3.05) is 22.4 Å². The Kier molecular flexibility index (Phi) is 6.08. The van der Waals surface area contributed by atoms with Gasteiger partial charge in [-0.05, 0) is 42.7 Å². The van der Waals surface area contributed by atoms with E-state index in [1.807, 2.05) is 19.1 Å². The number of halogens is 1. The summed E-state index contributed by atoms with van der Waals surface area (Å²) < 4.78 is 25.6. The number of nitrogens with zero attached hydrogens (tertiary/aromatic N) is 1. The van der Waals surface area contributed by atoms with Crippen molar-refractivity contribution in [1.29, 1.82) is 0 Å². The maximum atomic E-state index is 12.4. The Morgan fingerprint density at radius 2 is 1.84 bits per heavy atom. The molecule has 0 saturated heterocycles. The lowest BCUT2D eigenvalue weighted by molar-refractivity contribution is -0.114. The summed E-state index contributed by atoms with van der Waals surface area (Å²) in [5.41, 5.74) is 2.68. The molecule has 0 atom stereocenters. The zero-order valence-corrected chi connectivity index (χ0v) is 16.0. The molecule has 2 rings (SSSR count). The van der Waals surface area contributed by atoms with Crippen LogP contribution in [-0.4, -0.2) is 27.1 Å². The van der Waals surface area contributed by atoms with Gasteiger partial charge in [0.1, 0.15) is 6.54 Å². The van der Waals surface area contributed by atoms with Gasteiger partial charge in [-0.1, -0.05) is 42.8 Å². The molecule has 0 saturated carbocycles. The minimum atomic E-state index is -3.61. The number of carbonyl (C=O) groups is 1. The first-order valence-electron chi connectivity index (χ1n) is 7.84. The average molecular weight is 381 g/mol. The fraction of sp³-hybridized carbons (Fsp3) is 0.278.